The van der Waals surface area contributed by atoms with Gasteiger partial charge in [0.05, 0.1) is 11.9 Å². The molecule has 1 aromatic heterocycles. The predicted molar refractivity (Wildman–Crippen MR) is 68.9 cm³/mol. The molecule has 0 unspecified atom stereocenters. The number of aromatic nitrogens is 2. The predicted octanol–water partition coefficient (Wildman–Crippen LogP) is 0.716. The Balaban J connectivity index is 2.29. The Labute approximate surface area is 105 Å². The van der Waals surface area contributed by atoms with Crippen molar-refractivity contribution in [3.05, 3.63) is 21.6 Å². The minimum atomic E-state index is -0.190. The molecule has 1 aliphatic rings. The molecule has 0 bridgehead atoms. The van der Waals surface area contributed by atoms with E-state index in [4.69, 9.17) is 11.6 Å². The SMILES string of the molecule is CCCn1ncc(N2CCNCC2)c(Cl)c1=O. The van der Waals surface area contributed by atoms with Gasteiger partial charge in [-0.3, -0.25) is 4.79 Å². The van der Waals surface area contributed by atoms with Crippen molar-refractivity contribution in [1.29, 1.82) is 0 Å². The molecule has 0 aromatic carbocycles. The summed E-state index contributed by atoms with van der Waals surface area (Å²) in [5, 5.41) is 7.71. The fourth-order valence-electron chi connectivity index (χ4n) is 1.95. The molecule has 1 aromatic rings. The highest BCUT2D eigenvalue weighted by Crippen LogP contribution is 2.20. The number of nitrogens with zero attached hydrogens (tertiary/aromatic N) is 3. The molecule has 1 aliphatic heterocycles. The Morgan fingerprint density at radius 1 is 1.47 bits per heavy atom. The first kappa shape index (κ1) is 12.4. The van der Waals surface area contributed by atoms with Crippen LogP contribution in [0.4, 0.5) is 5.69 Å². The third-order valence-electron chi connectivity index (χ3n) is 2.86. The van der Waals surface area contributed by atoms with E-state index in [0.717, 1.165) is 38.3 Å². The van der Waals surface area contributed by atoms with Crippen LogP contribution < -0.4 is 15.8 Å². The van der Waals surface area contributed by atoms with Crippen molar-refractivity contribution in [2.24, 2.45) is 0 Å². The minimum Gasteiger partial charge on any atom is -0.366 e. The largest absolute Gasteiger partial charge is 0.366 e. The number of hydrogen-bond acceptors (Lipinski definition) is 4. The molecule has 6 heteroatoms. The minimum absolute atomic E-state index is 0.190. The van der Waals surface area contributed by atoms with Crippen molar-refractivity contribution >= 4 is 17.3 Å². The molecular formula is C11H17ClN4O. The molecule has 5 nitrogen and oxygen atoms in total. The topological polar surface area (TPSA) is 50.2 Å². The molecule has 0 saturated carbocycles. The summed E-state index contributed by atoms with van der Waals surface area (Å²) in [5.41, 5.74) is 0.565. The molecule has 0 radical (unpaired) electrons. The number of hydrogen-bond donors (Lipinski definition) is 1. The van der Waals surface area contributed by atoms with Gasteiger partial charge in [-0.1, -0.05) is 18.5 Å². The summed E-state index contributed by atoms with van der Waals surface area (Å²) in [6.45, 7) is 6.16. The van der Waals surface area contributed by atoms with E-state index >= 15 is 0 Å². The Hall–Kier alpha value is -1.07. The quantitative estimate of drug-likeness (QED) is 0.866. The summed E-state index contributed by atoms with van der Waals surface area (Å²) >= 11 is 6.13. The molecule has 2 rings (SSSR count). The summed E-state index contributed by atoms with van der Waals surface area (Å²) < 4.78 is 1.42. The molecule has 0 atom stereocenters. The zero-order valence-corrected chi connectivity index (χ0v) is 10.7. The van der Waals surface area contributed by atoms with Gasteiger partial charge in [-0.05, 0) is 6.42 Å². The van der Waals surface area contributed by atoms with E-state index in [2.05, 4.69) is 15.3 Å². The maximum Gasteiger partial charge on any atom is 0.287 e. The number of halogens is 1. The molecule has 94 valence electrons. The number of aryl methyl sites for hydroxylation is 1. The lowest BCUT2D eigenvalue weighted by Crippen LogP contribution is -2.44. The van der Waals surface area contributed by atoms with E-state index in [1.165, 1.54) is 4.68 Å². The molecule has 1 N–H and O–H groups in total. The van der Waals surface area contributed by atoms with Gasteiger partial charge in [-0.25, -0.2) is 4.68 Å². The van der Waals surface area contributed by atoms with Gasteiger partial charge in [0.25, 0.3) is 5.56 Å². The van der Waals surface area contributed by atoms with Crippen LogP contribution in [-0.2, 0) is 6.54 Å². The zero-order chi connectivity index (χ0) is 12.3. The third-order valence-corrected chi connectivity index (χ3v) is 3.21. The summed E-state index contributed by atoms with van der Waals surface area (Å²) in [4.78, 5) is 14.0. The fourth-order valence-corrected chi connectivity index (χ4v) is 2.22. The first-order valence-electron chi connectivity index (χ1n) is 5.95. The van der Waals surface area contributed by atoms with E-state index in [0.29, 0.717) is 6.54 Å². The highest BCUT2D eigenvalue weighted by Gasteiger charge is 2.17. The van der Waals surface area contributed by atoms with Gasteiger partial charge in [0.1, 0.15) is 5.02 Å². The maximum atomic E-state index is 11.9. The van der Waals surface area contributed by atoms with Crippen molar-refractivity contribution in [3.8, 4) is 0 Å². The normalized spacial score (nSPS) is 16.2. The highest BCUT2D eigenvalue weighted by molar-refractivity contribution is 6.33. The molecule has 1 saturated heterocycles. The van der Waals surface area contributed by atoms with E-state index < -0.39 is 0 Å². The van der Waals surface area contributed by atoms with Gasteiger partial charge in [0.2, 0.25) is 0 Å². The monoisotopic (exact) mass is 256 g/mol. The second-order valence-corrected chi connectivity index (χ2v) is 4.49. The van der Waals surface area contributed by atoms with Crippen LogP contribution >= 0.6 is 11.6 Å². The van der Waals surface area contributed by atoms with Gasteiger partial charge >= 0.3 is 0 Å². The van der Waals surface area contributed by atoms with Crippen LogP contribution in [0.15, 0.2) is 11.0 Å². The van der Waals surface area contributed by atoms with E-state index in [-0.39, 0.29) is 10.6 Å². The second-order valence-electron chi connectivity index (χ2n) is 4.11. The number of anilines is 1. The summed E-state index contributed by atoms with van der Waals surface area (Å²) in [6.07, 6.45) is 2.57. The average molecular weight is 257 g/mol. The summed E-state index contributed by atoms with van der Waals surface area (Å²) in [5.74, 6) is 0. The number of rotatable bonds is 3. The fraction of sp³-hybridized carbons (Fsp3) is 0.636. The number of piperazine rings is 1. The van der Waals surface area contributed by atoms with Crippen LogP contribution in [0.5, 0.6) is 0 Å². The first-order chi connectivity index (χ1) is 8.24. The van der Waals surface area contributed by atoms with E-state index in [9.17, 15) is 4.79 Å². The zero-order valence-electron chi connectivity index (χ0n) is 9.95. The molecule has 17 heavy (non-hydrogen) atoms. The smallest absolute Gasteiger partial charge is 0.287 e. The second kappa shape index (κ2) is 5.51. The summed E-state index contributed by atoms with van der Waals surface area (Å²) in [6, 6.07) is 0. The van der Waals surface area contributed by atoms with E-state index in [1.54, 1.807) is 6.20 Å². The molecule has 2 heterocycles. The Bertz CT molecular complexity index is 440. The van der Waals surface area contributed by atoms with Crippen molar-refractivity contribution in [2.75, 3.05) is 31.1 Å². The molecule has 1 fully saturated rings. The van der Waals surface area contributed by atoms with Gasteiger partial charge in [-0.2, -0.15) is 5.10 Å². The standard InChI is InChI=1S/C11H17ClN4O/c1-2-5-16-11(17)10(12)9(8-14-16)15-6-3-13-4-7-15/h8,13H,2-7H2,1H3. The lowest BCUT2D eigenvalue weighted by atomic mass is 10.3. The van der Waals surface area contributed by atoms with Gasteiger partial charge in [-0.15, -0.1) is 0 Å². The first-order valence-corrected chi connectivity index (χ1v) is 6.33. The van der Waals surface area contributed by atoms with Crippen LogP contribution in [0.3, 0.4) is 0 Å². The maximum absolute atomic E-state index is 11.9. The van der Waals surface area contributed by atoms with Crippen molar-refractivity contribution in [1.82, 2.24) is 15.1 Å². The Morgan fingerprint density at radius 2 is 2.18 bits per heavy atom. The van der Waals surface area contributed by atoms with Gasteiger partial charge in [0, 0.05) is 32.7 Å². The number of nitrogens with one attached hydrogen (secondary N) is 1. The van der Waals surface area contributed by atoms with Crippen LogP contribution in [0.25, 0.3) is 0 Å². The molecule has 0 aliphatic carbocycles. The lowest BCUT2D eigenvalue weighted by Gasteiger charge is -2.29. The Morgan fingerprint density at radius 3 is 2.82 bits per heavy atom. The van der Waals surface area contributed by atoms with Gasteiger partial charge in [0.15, 0.2) is 0 Å². The van der Waals surface area contributed by atoms with E-state index in [1.807, 2.05) is 6.92 Å². The highest BCUT2D eigenvalue weighted by atomic mass is 35.5. The molecule has 0 spiro atoms. The van der Waals surface area contributed by atoms with Crippen LogP contribution in [0.1, 0.15) is 13.3 Å². The van der Waals surface area contributed by atoms with Gasteiger partial charge < -0.3 is 10.2 Å². The van der Waals surface area contributed by atoms with Crippen molar-refractivity contribution in [2.45, 2.75) is 19.9 Å². The van der Waals surface area contributed by atoms with Crippen LogP contribution in [0.2, 0.25) is 5.02 Å². The van der Waals surface area contributed by atoms with Crippen molar-refractivity contribution < 1.29 is 0 Å². The summed E-state index contributed by atoms with van der Waals surface area (Å²) in [7, 11) is 0. The molecular weight excluding hydrogens is 240 g/mol. The lowest BCUT2D eigenvalue weighted by molar-refractivity contribution is 0.558. The Kier molecular flexibility index (Phi) is 4.02. The average Bonchev–Trinajstić information content (AvgIpc) is 2.36. The van der Waals surface area contributed by atoms with Crippen LogP contribution in [-0.4, -0.2) is 36.0 Å². The molecule has 0 amide bonds. The van der Waals surface area contributed by atoms with Crippen LogP contribution in [0, 0.1) is 0 Å². The van der Waals surface area contributed by atoms with Crippen molar-refractivity contribution in [3.63, 3.8) is 0 Å². The third kappa shape index (κ3) is 2.61.